The Labute approximate surface area is 193 Å². The van der Waals surface area contributed by atoms with E-state index in [0.29, 0.717) is 23.4 Å². The molecule has 1 aliphatic rings. The highest BCUT2D eigenvalue weighted by Crippen LogP contribution is 2.26. The van der Waals surface area contributed by atoms with Crippen molar-refractivity contribution in [1.29, 1.82) is 0 Å². The Bertz CT molecular complexity index is 1080. The molecule has 6 nitrogen and oxygen atoms in total. The summed E-state index contributed by atoms with van der Waals surface area (Å²) in [6, 6.07) is 14.5. The Morgan fingerprint density at radius 1 is 1.06 bits per heavy atom. The number of hydrogen-bond acceptors (Lipinski definition) is 5. The fourth-order valence-corrected chi connectivity index (χ4v) is 4.13. The van der Waals surface area contributed by atoms with E-state index in [1.807, 2.05) is 31.2 Å². The number of hydrogen-bond donors (Lipinski definition) is 2. The number of halogens is 1. The molecule has 0 saturated carbocycles. The first-order valence-electron chi connectivity index (χ1n) is 10.9. The number of carbonyl (C=O) groups is 1. The van der Waals surface area contributed by atoms with E-state index in [4.69, 9.17) is 21.6 Å². The zero-order valence-electron chi connectivity index (χ0n) is 18.1. The number of carbonyl (C=O) groups excluding carboxylic acids is 1. The molecule has 166 valence electrons. The standard InChI is InChI=1S/C25H27ClN4O2/c1-17-22(12-15-31)24(30-13-2-3-14-30)29-23(27-17)16-18-4-10-21(11-5-18)28-25(32)19-6-8-20(26)9-7-19/h4-11,31H,2-3,12-16H2,1H3,(H,28,32). The van der Waals surface area contributed by atoms with Crippen LogP contribution >= 0.6 is 11.6 Å². The van der Waals surface area contributed by atoms with Crippen LogP contribution in [0.4, 0.5) is 11.5 Å². The molecule has 1 aliphatic heterocycles. The summed E-state index contributed by atoms with van der Waals surface area (Å²) in [5.74, 6) is 1.55. The van der Waals surface area contributed by atoms with Gasteiger partial charge in [-0.2, -0.15) is 0 Å². The van der Waals surface area contributed by atoms with Gasteiger partial charge in [0.05, 0.1) is 0 Å². The van der Waals surface area contributed by atoms with Crippen LogP contribution in [-0.4, -0.2) is 40.7 Å². The predicted molar refractivity (Wildman–Crippen MR) is 128 cm³/mol. The second-order valence-corrected chi connectivity index (χ2v) is 8.47. The van der Waals surface area contributed by atoms with Gasteiger partial charge in [0.25, 0.3) is 5.91 Å². The number of rotatable bonds is 7. The maximum Gasteiger partial charge on any atom is 0.255 e. The van der Waals surface area contributed by atoms with Crippen molar-refractivity contribution in [2.45, 2.75) is 32.6 Å². The van der Waals surface area contributed by atoms with Crippen LogP contribution < -0.4 is 10.2 Å². The van der Waals surface area contributed by atoms with Crippen molar-refractivity contribution in [2.75, 3.05) is 29.9 Å². The molecule has 2 heterocycles. The maximum atomic E-state index is 12.4. The lowest BCUT2D eigenvalue weighted by Gasteiger charge is -2.22. The summed E-state index contributed by atoms with van der Waals surface area (Å²) in [7, 11) is 0. The molecule has 2 N–H and O–H groups in total. The molecule has 1 saturated heterocycles. The van der Waals surface area contributed by atoms with Gasteiger partial charge in [0, 0.05) is 60.1 Å². The molecule has 1 aromatic heterocycles. The second-order valence-electron chi connectivity index (χ2n) is 8.03. The largest absolute Gasteiger partial charge is 0.396 e. The van der Waals surface area contributed by atoms with Gasteiger partial charge in [0.1, 0.15) is 11.6 Å². The van der Waals surface area contributed by atoms with E-state index in [1.54, 1.807) is 24.3 Å². The van der Waals surface area contributed by atoms with Crippen molar-refractivity contribution in [3.63, 3.8) is 0 Å². The summed E-state index contributed by atoms with van der Waals surface area (Å²) in [5.41, 5.74) is 4.31. The van der Waals surface area contributed by atoms with Crippen LogP contribution in [0.3, 0.4) is 0 Å². The molecule has 0 spiro atoms. The molecule has 4 rings (SSSR count). The monoisotopic (exact) mass is 450 g/mol. The first-order chi connectivity index (χ1) is 15.5. The smallest absolute Gasteiger partial charge is 0.255 e. The number of benzene rings is 2. The minimum Gasteiger partial charge on any atom is -0.396 e. The number of amides is 1. The third-order valence-electron chi connectivity index (χ3n) is 5.69. The summed E-state index contributed by atoms with van der Waals surface area (Å²) in [5, 5.41) is 13.0. The van der Waals surface area contributed by atoms with Gasteiger partial charge in [-0.25, -0.2) is 9.97 Å². The fraction of sp³-hybridized carbons (Fsp3) is 0.320. The van der Waals surface area contributed by atoms with Crippen molar-refractivity contribution in [3.8, 4) is 0 Å². The van der Waals surface area contributed by atoms with E-state index in [0.717, 1.165) is 47.2 Å². The van der Waals surface area contributed by atoms with Crippen LogP contribution in [0, 0.1) is 6.92 Å². The molecule has 0 bridgehead atoms. The Balaban J connectivity index is 1.48. The van der Waals surface area contributed by atoms with Crippen molar-refractivity contribution in [1.82, 2.24) is 9.97 Å². The third kappa shape index (κ3) is 5.26. The zero-order valence-corrected chi connectivity index (χ0v) is 18.9. The Morgan fingerprint density at radius 2 is 1.75 bits per heavy atom. The quantitative estimate of drug-likeness (QED) is 0.557. The van der Waals surface area contributed by atoms with Gasteiger partial charge in [-0.1, -0.05) is 23.7 Å². The van der Waals surface area contributed by atoms with E-state index in [2.05, 4.69) is 10.2 Å². The minimum absolute atomic E-state index is 0.0909. The van der Waals surface area contributed by atoms with Gasteiger partial charge in [0.15, 0.2) is 0 Å². The highest BCUT2D eigenvalue weighted by atomic mass is 35.5. The number of anilines is 2. The molecule has 1 amide bonds. The van der Waals surface area contributed by atoms with Crippen LogP contribution in [0.15, 0.2) is 48.5 Å². The van der Waals surface area contributed by atoms with Gasteiger partial charge < -0.3 is 15.3 Å². The summed E-state index contributed by atoms with van der Waals surface area (Å²) in [6.07, 6.45) is 3.51. The molecule has 1 fully saturated rings. The van der Waals surface area contributed by atoms with Crippen LogP contribution in [0.1, 0.15) is 45.8 Å². The molecular formula is C25H27ClN4O2. The molecule has 2 aromatic carbocycles. The number of nitrogens with one attached hydrogen (secondary N) is 1. The van der Waals surface area contributed by atoms with Crippen molar-refractivity contribution >= 4 is 29.0 Å². The van der Waals surface area contributed by atoms with Gasteiger partial charge in [-0.05, 0) is 61.7 Å². The van der Waals surface area contributed by atoms with E-state index >= 15 is 0 Å². The molecule has 0 atom stereocenters. The summed E-state index contributed by atoms with van der Waals surface area (Å²) < 4.78 is 0. The number of aromatic nitrogens is 2. The third-order valence-corrected chi connectivity index (χ3v) is 5.94. The lowest BCUT2D eigenvalue weighted by Crippen LogP contribution is -2.23. The molecule has 0 unspecified atom stereocenters. The topological polar surface area (TPSA) is 78.4 Å². The highest BCUT2D eigenvalue weighted by Gasteiger charge is 2.20. The SMILES string of the molecule is Cc1nc(Cc2ccc(NC(=O)c3ccc(Cl)cc3)cc2)nc(N2CCCC2)c1CCO. The van der Waals surface area contributed by atoms with Crippen molar-refractivity contribution in [3.05, 3.63) is 81.8 Å². The maximum absolute atomic E-state index is 12.4. The van der Waals surface area contributed by atoms with E-state index in [1.165, 1.54) is 12.8 Å². The Hall–Kier alpha value is -2.96. The average molecular weight is 451 g/mol. The van der Waals surface area contributed by atoms with E-state index < -0.39 is 0 Å². The Kier molecular flexibility index (Phi) is 7.02. The molecule has 7 heteroatoms. The fourth-order valence-electron chi connectivity index (χ4n) is 4.00. The van der Waals surface area contributed by atoms with Crippen molar-refractivity contribution < 1.29 is 9.90 Å². The summed E-state index contributed by atoms with van der Waals surface area (Å²) in [4.78, 5) is 24.3. The number of aliphatic hydroxyl groups is 1. The molecule has 32 heavy (non-hydrogen) atoms. The van der Waals surface area contributed by atoms with Crippen LogP contribution in [0.2, 0.25) is 5.02 Å². The number of aliphatic hydroxyl groups excluding tert-OH is 1. The average Bonchev–Trinajstić information content (AvgIpc) is 3.32. The van der Waals surface area contributed by atoms with Gasteiger partial charge in [-0.3, -0.25) is 4.79 Å². The minimum atomic E-state index is -0.178. The highest BCUT2D eigenvalue weighted by molar-refractivity contribution is 6.30. The normalized spacial score (nSPS) is 13.4. The van der Waals surface area contributed by atoms with Crippen LogP contribution in [0.25, 0.3) is 0 Å². The molecular weight excluding hydrogens is 424 g/mol. The zero-order chi connectivity index (χ0) is 22.5. The van der Waals surface area contributed by atoms with Gasteiger partial charge in [-0.15, -0.1) is 0 Å². The number of aryl methyl sites for hydroxylation is 1. The number of nitrogens with zero attached hydrogens (tertiary/aromatic N) is 3. The molecule has 3 aromatic rings. The first kappa shape index (κ1) is 22.2. The second kappa shape index (κ2) is 10.1. The van der Waals surface area contributed by atoms with Crippen molar-refractivity contribution in [2.24, 2.45) is 0 Å². The first-order valence-corrected chi connectivity index (χ1v) is 11.3. The lowest BCUT2D eigenvalue weighted by molar-refractivity contribution is 0.102. The van der Waals surface area contributed by atoms with Crippen LogP contribution in [0.5, 0.6) is 0 Å². The van der Waals surface area contributed by atoms with E-state index in [-0.39, 0.29) is 12.5 Å². The van der Waals surface area contributed by atoms with Gasteiger partial charge in [0.2, 0.25) is 0 Å². The Morgan fingerprint density at radius 3 is 2.41 bits per heavy atom. The predicted octanol–water partition coefficient (Wildman–Crippen LogP) is 4.42. The van der Waals surface area contributed by atoms with E-state index in [9.17, 15) is 9.90 Å². The van der Waals surface area contributed by atoms with Crippen LogP contribution in [-0.2, 0) is 12.8 Å². The van der Waals surface area contributed by atoms with Gasteiger partial charge >= 0.3 is 0 Å². The summed E-state index contributed by atoms with van der Waals surface area (Å²) in [6.45, 7) is 4.07. The molecule has 0 aliphatic carbocycles. The lowest BCUT2D eigenvalue weighted by atomic mass is 10.1. The molecule has 0 radical (unpaired) electrons. The summed E-state index contributed by atoms with van der Waals surface area (Å²) >= 11 is 5.89.